The molecule has 5 heteroatoms. The quantitative estimate of drug-likeness (QED) is 0.776. The van der Waals surface area contributed by atoms with Crippen LogP contribution in [0.4, 0.5) is 0 Å². The summed E-state index contributed by atoms with van der Waals surface area (Å²) in [7, 11) is 0. The Hall–Kier alpha value is -1.29. The molecule has 1 rings (SSSR count). The van der Waals surface area contributed by atoms with Crippen molar-refractivity contribution in [2.45, 2.75) is 25.1 Å². The topological polar surface area (TPSA) is 62.2 Å². The Labute approximate surface area is 99.6 Å². The first kappa shape index (κ1) is 12.8. The zero-order valence-electron chi connectivity index (χ0n) is 9.11. The van der Waals surface area contributed by atoms with Gasteiger partial charge in [-0.1, -0.05) is 6.92 Å². The maximum absolute atomic E-state index is 11.6. The number of aromatic nitrogens is 1. The van der Waals surface area contributed by atoms with Gasteiger partial charge in [0.1, 0.15) is 5.75 Å². The lowest BCUT2D eigenvalue weighted by Gasteiger charge is -2.08. The molecule has 0 saturated heterocycles. The van der Waals surface area contributed by atoms with E-state index in [0.29, 0.717) is 6.54 Å². The van der Waals surface area contributed by atoms with E-state index in [9.17, 15) is 9.90 Å². The molecule has 1 aromatic heterocycles. The third-order valence-corrected chi connectivity index (χ3v) is 2.76. The molecule has 0 bridgehead atoms. The molecule has 0 saturated carbocycles. The Kier molecular flexibility index (Phi) is 5.05. The molecule has 0 aliphatic carbocycles. The van der Waals surface area contributed by atoms with Crippen LogP contribution in [0.3, 0.4) is 0 Å². The summed E-state index contributed by atoms with van der Waals surface area (Å²) in [5.41, 5.74) is 0.234. The largest absolute Gasteiger partial charge is 0.505 e. The molecule has 1 heterocycles. The molecular formula is C11H15ClN2O2. The van der Waals surface area contributed by atoms with Gasteiger partial charge in [0.15, 0.2) is 0 Å². The molecular weight excluding hydrogens is 228 g/mol. The first-order valence-electron chi connectivity index (χ1n) is 5.20. The van der Waals surface area contributed by atoms with E-state index in [4.69, 9.17) is 11.6 Å². The molecule has 0 radical (unpaired) electrons. The van der Waals surface area contributed by atoms with Crippen molar-refractivity contribution in [3.63, 3.8) is 0 Å². The van der Waals surface area contributed by atoms with Crippen LogP contribution in [-0.2, 0) is 0 Å². The summed E-state index contributed by atoms with van der Waals surface area (Å²) in [6, 6.07) is 1.47. The van der Waals surface area contributed by atoms with E-state index in [1.807, 2.05) is 6.92 Å². The predicted molar refractivity (Wildman–Crippen MR) is 62.8 cm³/mol. The molecule has 1 aromatic rings. The summed E-state index contributed by atoms with van der Waals surface area (Å²) < 4.78 is 0. The minimum atomic E-state index is -0.306. The maximum Gasteiger partial charge on any atom is 0.255 e. The predicted octanol–water partition coefficient (Wildman–Crippen LogP) is 1.92. The van der Waals surface area contributed by atoms with Crippen LogP contribution >= 0.6 is 11.6 Å². The van der Waals surface area contributed by atoms with Crippen LogP contribution < -0.4 is 5.32 Å². The zero-order chi connectivity index (χ0) is 12.0. The van der Waals surface area contributed by atoms with Crippen molar-refractivity contribution >= 4 is 17.5 Å². The molecule has 88 valence electrons. The number of nitrogens with zero attached hydrogens (tertiary/aromatic N) is 1. The van der Waals surface area contributed by atoms with Gasteiger partial charge in [-0.25, -0.2) is 0 Å². The van der Waals surface area contributed by atoms with Crippen LogP contribution in [0.5, 0.6) is 5.75 Å². The van der Waals surface area contributed by atoms with E-state index in [1.165, 1.54) is 18.5 Å². The molecule has 1 amide bonds. The Morgan fingerprint density at radius 3 is 3.06 bits per heavy atom. The van der Waals surface area contributed by atoms with E-state index in [0.717, 1.165) is 12.8 Å². The number of alkyl halides is 1. The number of amides is 1. The molecule has 1 atom stereocenters. The normalized spacial score (nSPS) is 12.1. The summed E-state index contributed by atoms with van der Waals surface area (Å²) in [5, 5.41) is 12.2. The fourth-order valence-corrected chi connectivity index (χ4v) is 1.33. The highest BCUT2D eigenvalue weighted by molar-refractivity contribution is 6.20. The minimum Gasteiger partial charge on any atom is -0.505 e. The van der Waals surface area contributed by atoms with Gasteiger partial charge in [-0.05, 0) is 18.9 Å². The second-order valence-corrected chi connectivity index (χ2v) is 4.06. The van der Waals surface area contributed by atoms with Gasteiger partial charge in [-0.2, -0.15) is 0 Å². The number of rotatable bonds is 5. The molecule has 2 N–H and O–H groups in total. The van der Waals surface area contributed by atoms with Crippen LogP contribution in [0.15, 0.2) is 18.5 Å². The standard InChI is InChI=1S/C11H15ClN2O2/c1-2-8(12)3-6-14-11(16)9-4-5-13-7-10(9)15/h4-5,7-8,15H,2-3,6H2,1H3,(H,14,16). The van der Waals surface area contributed by atoms with Gasteiger partial charge < -0.3 is 10.4 Å². The van der Waals surface area contributed by atoms with E-state index in [2.05, 4.69) is 10.3 Å². The number of carbonyl (C=O) groups excluding carboxylic acids is 1. The molecule has 0 spiro atoms. The van der Waals surface area contributed by atoms with Crippen LogP contribution in [0.2, 0.25) is 0 Å². The molecule has 4 nitrogen and oxygen atoms in total. The molecule has 1 unspecified atom stereocenters. The Bertz CT molecular complexity index is 358. The monoisotopic (exact) mass is 242 g/mol. The summed E-state index contributed by atoms with van der Waals surface area (Å²) in [6.45, 7) is 2.50. The van der Waals surface area contributed by atoms with Crippen molar-refractivity contribution in [3.05, 3.63) is 24.0 Å². The Morgan fingerprint density at radius 1 is 1.69 bits per heavy atom. The summed E-state index contributed by atoms with van der Waals surface area (Å²) >= 11 is 5.92. The third kappa shape index (κ3) is 3.70. The van der Waals surface area contributed by atoms with Crippen molar-refractivity contribution in [1.29, 1.82) is 0 Å². The second kappa shape index (κ2) is 6.33. The van der Waals surface area contributed by atoms with E-state index >= 15 is 0 Å². The van der Waals surface area contributed by atoms with E-state index in [1.54, 1.807) is 0 Å². The number of nitrogens with one attached hydrogen (secondary N) is 1. The van der Waals surface area contributed by atoms with E-state index < -0.39 is 0 Å². The zero-order valence-corrected chi connectivity index (χ0v) is 9.87. The smallest absolute Gasteiger partial charge is 0.255 e. The van der Waals surface area contributed by atoms with Gasteiger partial charge in [-0.15, -0.1) is 11.6 Å². The fraction of sp³-hybridized carbons (Fsp3) is 0.455. The Morgan fingerprint density at radius 2 is 2.44 bits per heavy atom. The average molecular weight is 243 g/mol. The third-order valence-electron chi connectivity index (χ3n) is 2.23. The molecule has 0 fully saturated rings. The van der Waals surface area contributed by atoms with Crippen LogP contribution in [0.1, 0.15) is 30.1 Å². The van der Waals surface area contributed by atoms with Crippen molar-refractivity contribution < 1.29 is 9.90 Å². The maximum atomic E-state index is 11.6. The number of hydrogen-bond acceptors (Lipinski definition) is 3. The molecule has 0 aliphatic rings. The summed E-state index contributed by atoms with van der Waals surface area (Å²) in [5.74, 6) is -0.419. The summed E-state index contributed by atoms with van der Waals surface area (Å²) in [4.78, 5) is 15.3. The second-order valence-electron chi connectivity index (χ2n) is 3.44. The van der Waals surface area contributed by atoms with Gasteiger partial charge in [0, 0.05) is 18.1 Å². The van der Waals surface area contributed by atoms with E-state index in [-0.39, 0.29) is 22.6 Å². The fourth-order valence-electron chi connectivity index (χ4n) is 1.22. The summed E-state index contributed by atoms with van der Waals surface area (Å²) in [6.07, 6.45) is 4.30. The van der Waals surface area contributed by atoms with Gasteiger partial charge in [-0.3, -0.25) is 9.78 Å². The lowest BCUT2D eigenvalue weighted by molar-refractivity contribution is 0.0950. The number of carbonyl (C=O) groups is 1. The lowest BCUT2D eigenvalue weighted by Crippen LogP contribution is -2.26. The van der Waals surface area contributed by atoms with Crippen molar-refractivity contribution in [3.8, 4) is 5.75 Å². The van der Waals surface area contributed by atoms with Crippen LogP contribution in [-0.4, -0.2) is 27.9 Å². The number of pyridine rings is 1. The van der Waals surface area contributed by atoms with Gasteiger partial charge >= 0.3 is 0 Å². The molecule has 0 aromatic carbocycles. The van der Waals surface area contributed by atoms with Crippen LogP contribution in [0, 0.1) is 0 Å². The molecule has 16 heavy (non-hydrogen) atoms. The molecule has 0 aliphatic heterocycles. The number of aromatic hydroxyl groups is 1. The highest BCUT2D eigenvalue weighted by atomic mass is 35.5. The van der Waals surface area contributed by atoms with Crippen molar-refractivity contribution in [2.24, 2.45) is 0 Å². The Balaban J connectivity index is 2.44. The number of hydrogen-bond donors (Lipinski definition) is 2. The number of halogens is 1. The van der Waals surface area contributed by atoms with Crippen LogP contribution in [0.25, 0.3) is 0 Å². The highest BCUT2D eigenvalue weighted by Crippen LogP contribution is 2.13. The highest BCUT2D eigenvalue weighted by Gasteiger charge is 2.10. The first-order chi connectivity index (χ1) is 7.65. The van der Waals surface area contributed by atoms with Gasteiger partial charge in [0.2, 0.25) is 0 Å². The minimum absolute atomic E-state index is 0.0753. The van der Waals surface area contributed by atoms with Crippen molar-refractivity contribution in [2.75, 3.05) is 6.54 Å². The van der Waals surface area contributed by atoms with Gasteiger partial charge in [0.05, 0.1) is 11.8 Å². The first-order valence-corrected chi connectivity index (χ1v) is 5.64. The van der Waals surface area contributed by atoms with Gasteiger partial charge in [0.25, 0.3) is 5.91 Å². The average Bonchev–Trinajstić information content (AvgIpc) is 2.29. The lowest BCUT2D eigenvalue weighted by atomic mass is 10.2. The van der Waals surface area contributed by atoms with Crippen molar-refractivity contribution in [1.82, 2.24) is 10.3 Å². The SMILES string of the molecule is CCC(Cl)CCNC(=O)c1ccncc1O.